The number of nitrogens with one attached hydrogen (secondary N) is 1. The van der Waals surface area contributed by atoms with E-state index < -0.39 is 6.10 Å². The number of ether oxygens (including phenoxy) is 1. The van der Waals surface area contributed by atoms with Crippen LogP contribution in [-0.2, 0) is 6.42 Å². The van der Waals surface area contributed by atoms with E-state index >= 15 is 0 Å². The second-order valence-corrected chi connectivity index (χ2v) is 6.26. The number of aliphatic hydroxyl groups excluding tert-OH is 1. The number of aryl methyl sites for hydroxylation is 1. The summed E-state index contributed by atoms with van der Waals surface area (Å²) in [5.41, 5.74) is 1.43. The van der Waals surface area contributed by atoms with Gasteiger partial charge >= 0.3 is 0 Å². The van der Waals surface area contributed by atoms with Gasteiger partial charge in [0.25, 0.3) is 0 Å². The van der Waals surface area contributed by atoms with Crippen molar-refractivity contribution >= 4 is 18.2 Å². The van der Waals surface area contributed by atoms with E-state index in [-0.39, 0.29) is 30.5 Å². The highest BCUT2D eigenvalue weighted by Gasteiger charge is 2.15. The number of hydrogen-bond donors (Lipinski definition) is 3. The van der Waals surface area contributed by atoms with Gasteiger partial charge in [-0.25, -0.2) is 0 Å². The van der Waals surface area contributed by atoms with Crippen molar-refractivity contribution in [3.8, 4) is 11.5 Å². The Morgan fingerprint density at radius 3 is 2.63 bits per heavy atom. The number of benzene rings is 2. The molecule has 0 bridgehead atoms. The van der Waals surface area contributed by atoms with Crippen molar-refractivity contribution in [2.75, 3.05) is 19.7 Å². The summed E-state index contributed by atoms with van der Waals surface area (Å²) in [4.78, 5) is 12.6. The SMILES string of the molecule is CCCNC[C@@H](O)COc1ccc(O)cc1C(=O)CCc1ccccc1.Cl. The maximum atomic E-state index is 12.6. The molecule has 0 unspecified atom stereocenters. The molecule has 0 spiro atoms. The molecule has 27 heavy (non-hydrogen) atoms. The molecule has 0 aliphatic rings. The van der Waals surface area contributed by atoms with Crippen molar-refractivity contribution in [1.82, 2.24) is 5.32 Å². The number of halogens is 1. The van der Waals surface area contributed by atoms with E-state index in [1.54, 1.807) is 6.07 Å². The number of aliphatic hydroxyl groups is 1. The first kappa shape index (κ1) is 23.0. The van der Waals surface area contributed by atoms with E-state index in [0.29, 0.717) is 30.7 Å². The molecule has 0 amide bonds. The molecule has 3 N–H and O–H groups in total. The lowest BCUT2D eigenvalue weighted by molar-refractivity contribution is 0.0950. The molecule has 5 nitrogen and oxygen atoms in total. The average molecular weight is 394 g/mol. The van der Waals surface area contributed by atoms with Crippen LogP contribution < -0.4 is 10.1 Å². The fourth-order valence-corrected chi connectivity index (χ4v) is 2.59. The molecular weight excluding hydrogens is 366 g/mol. The zero-order valence-electron chi connectivity index (χ0n) is 15.6. The van der Waals surface area contributed by atoms with Gasteiger partial charge in [-0.15, -0.1) is 12.4 Å². The first-order valence-electron chi connectivity index (χ1n) is 9.02. The number of ketones is 1. The molecule has 2 aromatic carbocycles. The molecule has 6 heteroatoms. The highest BCUT2D eigenvalue weighted by molar-refractivity contribution is 5.99. The van der Waals surface area contributed by atoms with Crippen LogP contribution >= 0.6 is 12.4 Å². The van der Waals surface area contributed by atoms with Gasteiger partial charge in [0.1, 0.15) is 24.2 Å². The summed E-state index contributed by atoms with van der Waals surface area (Å²) in [6, 6.07) is 14.2. The minimum absolute atomic E-state index is 0. The van der Waals surface area contributed by atoms with Crippen LogP contribution in [-0.4, -0.2) is 41.8 Å². The van der Waals surface area contributed by atoms with Gasteiger partial charge in [0.15, 0.2) is 5.78 Å². The van der Waals surface area contributed by atoms with Gasteiger partial charge in [0, 0.05) is 13.0 Å². The molecule has 0 aliphatic heterocycles. The van der Waals surface area contributed by atoms with Crippen LogP contribution in [0.15, 0.2) is 48.5 Å². The van der Waals surface area contributed by atoms with Gasteiger partial charge in [-0.2, -0.15) is 0 Å². The Labute approximate surface area is 166 Å². The number of Topliss-reactive ketones (excluding diaryl/α,β-unsaturated/α-hetero) is 1. The monoisotopic (exact) mass is 393 g/mol. The zero-order chi connectivity index (χ0) is 18.8. The summed E-state index contributed by atoms with van der Waals surface area (Å²) < 4.78 is 5.64. The smallest absolute Gasteiger partial charge is 0.167 e. The maximum absolute atomic E-state index is 12.6. The number of phenols is 1. The molecular formula is C21H28ClNO4. The summed E-state index contributed by atoms with van der Waals surface area (Å²) in [7, 11) is 0. The first-order valence-corrected chi connectivity index (χ1v) is 9.02. The van der Waals surface area contributed by atoms with E-state index in [4.69, 9.17) is 4.74 Å². The van der Waals surface area contributed by atoms with E-state index in [0.717, 1.165) is 18.5 Å². The first-order chi connectivity index (χ1) is 12.6. The highest BCUT2D eigenvalue weighted by atomic mass is 35.5. The van der Waals surface area contributed by atoms with E-state index in [9.17, 15) is 15.0 Å². The van der Waals surface area contributed by atoms with Gasteiger partial charge in [-0.3, -0.25) is 4.79 Å². The van der Waals surface area contributed by atoms with E-state index in [2.05, 4.69) is 12.2 Å². The van der Waals surface area contributed by atoms with Crippen molar-refractivity contribution in [2.24, 2.45) is 0 Å². The van der Waals surface area contributed by atoms with Crippen molar-refractivity contribution in [2.45, 2.75) is 32.3 Å². The summed E-state index contributed by atoms with van der Waals surface area (Å²) in [5, 5.41) is 22.8. The third-order valence-corrected chi connectivity index (χ3v) is 3.99. The highest BCUT2D eigenvalue weighted by Crippen LogP contribution is 2.25. The van der Waals surface area contributed by atoms with Gasteiger partial charge < -0.3 is 20.3 Å². The fraction of sp³-hybridized carbons (Fsp3) is 0.381. The molecule has 0 saturated carbocycles. The van der Waals surface area contributed by atoms with Crippen LogP contribution in [0.2, 0.25) is 0 Å². The Morgan fingerprint density at radius 2 is 1.93 bits per heavy atom. The topological polar surface area (TPSA) is 78.8 Å². The molecule has 2 aromatic rings. The minimum Gasteiger partial charge on any atom is -0.508 e. The Bertz CT molecular complexity index is 694. The molecule has 2 rings (SSSR count). The standard InChI is InChI=1S/C21H27NO4.ClH/c1-2-12-22-14-18(24)15-26-21-11-9-17(23)13-19(21)20(25)10-8-16-6-4-3-5-7-16;/h3-7,9,11,13,18,22-24H,2,8,10,12,14-15H2,1H3;1H/t18-;/m1./s1. The molecule has 1 atom stereocenters. The fourth-order valence-electron chi connectivity index (χ4n) is 2.59. The third kappa shape index (κ3) is 7.99. The Hall–Kier alpha value is -2.08. The number of carbonyl (C=O) groups excluding carboxylic acids is 1. The summed E-state index contributed by atoms with van der Waals surface area (Å²) in [5.74, 6) is 0.305. The van der Waals surface area contributed by atoms with Crippen molar-refractivity contribution < 1.29 is 19.7 Å². The van der Waals surface area contributed by atoms with E-state index in [1.165, 1.54) is 12.1 Å². The van der Waals surface area contributed by atoms with Crippen LogP contribution in [0.3, 0.4) is 0 Å². The Morgan fingerprint density at radius 1 is 1.19 bits per heavy atom. The normalized spacial score (nSPS) is 11.5. The Balaban J connectivity index is 0.00000364. The van der Waals surface area contributed by atoms with Gasteiger partial charge in [0.2, 0.25) is 0 Å². The van der Waals surface area contributed by atoms with Gasteiger partial charge in [0.05, 0.1) is 5.56 Å². The number of rotatable bonds is 11. The lowest BCUT2D eigenvalue weighted by Crippen LogP contribution is -2.32. The quantitative estimate of drug-likeness (QED) is 0.403. The third-order valence-electron chi connectivity index (χ3n) is 3.99. The molecule has 148 valence electrons. The Kier molecular flexibility index (Phi) is 10.5. The van der Waals surface area contributed by atoms with Crippen LogP contribution in [0.4, 0.5) is 0 Å². The average Bonchev–Trinajstić information content (AvgIpc) is 2.66. The number of carbonyl (C=O) groups is 1. The molecule has 0 aliphatic carbocycles. The van der Waals surface area contributed by atoms with Crippen LogP contribution in [0, 0.1) is 0 Å². The van der Waals surface area contributed by atoms with Crippen LogP contribution in [0.1, 0.15) is 35.7 Å². The number of hydrogen-bond acceptors (Lipinski definition) is 5. The summed E-state index contributed by atoms with van der Waals surface area (Å²) in [6.45, 7) is 3.41. The van der Waals surface area contributed by atoms with Crippen molar-refractivity contribution in [1.29, 1.82) is 0 Å². The largest absolute Gasteiger partial charge is 0.508 e. The number of phenolic OH excluding ortho intramolecular Hbond substituents is 1. The number of aromatic hydroxyl groups is 1. The molecule has 0 heterocycles. The molecule has 0 aromatic heterocycles. The predicted octanol–water partition coefficient (Wildman–Crippen LogP) is 3.37. The summed E-state index contributed by atoms with van der Waals surface area (Å²) in [6.07, 6.45) is 1.27. The molecule has 0 saturated heterocycles. The van der Waals surface area contributed by atoms with Crippen LogP contribution in [0.5, 0.6) is 11.5 Å². The summed E-state index contributed by atoms with van der Waals surface area (Å²) >= 11 is 0. The lowest BCUT2D eigenvalue weighted by Gasteiger charge is -2.15. The second kappa shape index (κ2) is 12.3. The lowest BCUT2D eigenvalue weighted by atomic mass is 10.0. The van der Waals surface area contributed by atoms with E-state index in [1.807, 2.05) is 30.3 Å². The maximum Gasteiger partial charge on any atom is 0.167 e. The van der Waals surface area contributed by atoms with Crippen molar-refractivity contribution in [3.05, 3.63) is 59.7 Å². The molecule has 0 radical (unpaired) electrons. The van der Waals surface area contributed by atoms with Crippen LogP contribution in [0.25, 0.3) is 0 Å². The zero-order valence-corrected chi connectivity index (χ0v) is 16.4. The van der Waals surface area contributed by atoms with Gasteiger partial charge in [-0.1, -0.05) is 37.3 Å². The second-order valence-electron chi connectivity index (χ2n) is 6.26. The van der Waals surface area contributed by atoms with Gasteiger partial charge in [-0.05, 0) is 43.1 Å². The predicted molar refractivity (Wildman–Crippen MR) is 109 cm³/mol. The van der Waals surface area contributed by atoms with Crippen molar-refractivity contribution in [3.63, 3.8) is 0 Å². The molecule has 0 fully saturated rings. The minimum atomic E-state index is -0.664.